The van der Waals surface area contributed by atoms with Gasteiger partial charge in [0, 0.05) is 0 Å². The number of ether oxygens (including phenoxy) is 1. The fourth-order valence-corrected chi connectivity index (χ4v) is 2.53. The summed E-state index contributed by atoms with van der Waals surface area (Å²) in [5.74, 6) is -0.463. The quantitative estimate of drug-likeness (QED) is 0.621. The minimum atomic E-state index is -0.353. The van der Waals surface area contributed by atoms with Gasteiger partial charge in [0.2, 0.25) is 5.91 Å². The van der Waals surface area contributed by atoms with Crippen molar-refractivity contribution in [2.75, 3.05) is 23.4 Å². The highest BCUT2D eigenvalue weighted by Gasteiger charge is 2.30. The second-order valence-corrected chi connectivity index (χ2v) is 5.59. The Morgan fingerprint density at radius 3 is 2.82 bits per heavy atom. The van der Waals surface area contributed by atoms with Crippen molar-refractivity contribution in [2.45, 2.75) is 45.6 Å². The van der Waals surface area contributed by atoms with Gasteiger partial charge in [0.15, 0.2) is 0 Å². The van der Waals surface area contributed by atoms with Gasteiger partial charge in [0.25, 0.3) is 0 Å². The molecular formula is C17H24N2O3. The van der Waals surface area contributed by atoms with Crippen LogP contribution in [-0.4, -0.2) is 31.1 Å². The molecule has 0 aromatic heterocycles. The second kappa shape index (κ2) is 7.82. The standard InChI is InChI=1S/C17H24N2O3/c1-3-4-5-8-11-22-16(20)12-19-15-10-7-6-9-14(15)18-13(2)17(19)21/h6-7,9-10,13,18H,3-5,8,11-12H2,1-2H3. The van der Waals surface area contributed by atoms with E-state index in [0.717, 1.165) is 37.1 Å². The van der Waals surface area contributed by atoms with E-state index in [1.807, 2.05) is 24.3 Å². The lowest BCUT2D eigenvalue weighted by atomic mass is 10.1. The van der Waals surface area contributed by atoms with E-state index in [1.54, 1.807) is 6.92 Å². The lowest BCUT2D eigenvalue weighted by Crippen LogP contribution is -2.48. The Bertz CT molecular complexity index is 530. The van der Waals surface area contributed by atoms with Crippen molar-refractivity contribution in [3.05, 3.63) is 24.3 Å². The highest BCUT2D eigenvalue weighted by atomic mass is 16.5. The number of esters is 1. The summed E-state index contributed by atoms with van der Waals surface area (Å²) in [7, 11) is 0. The Morgan fingerprint density at radius 2 is 2.05 bits per heavy atom. The summed E-state index contributed by atoms with van der Waals surface area (Å²) in [4.78, 5) is 25.8. The molecule has 1 N–H and O–H groups in total. The molecule has 1 amide bonds. The molecule has 0 bridgehead atoms. The number of nitrogens with one attached hydrogen (secondary N) is 1. The van der Waals surface area contributed by atoms with E-state index in [1.165, 1.54) is 4.90 Å². The molecule has 1 aromatic rings. The minimum absolute atomic E-state index is 0.0321. The van der Waals surface area contributed by atoms with Gasteiger partial charge in [-0.3, -0.25) is 14.5 Å². The van der Waals surface area contributed by atoms with Gasteiger partial charge in [0.05, 0.1) is 18.0 Å². The zero-order valence-corrected chi connectivity index (χ0v) is 13.3. The Morgan fingerprint density at radius 1 is 1.27 bits per heavy atom. The Labute approximate surface area is 131 Å². The molecule has 1 heterocycles. The third-order valence-electron chi connectivity index (χ3n) is 3.75. The van der Waals surface area contributed by atoms with Crippen LogP contribution in [0.25, 0.3) is 0 Å². The van der Waals surface area contributed by atoms with Crippen LogP contribution in [0.5, 0.6) is 0 Å². The molecule has 22 heavy (non-hydrogen) atoms. The Hall–Kier alpha value is -2.04. The Balaban J connectivity index is 1.93. The third-order valence-corrected chi connectivity index (χ3v) is 3.75. The first kappa shape index (κ1) is 16.3. The molecule has 0 radical (unpaired) electrons. The number of hydrogen-bond acceptors (Lipinski definition) is 4. The monoisotopic (exact) mass is 304 g/mol. The van der Waals surface area contributed by atoms with Crippen molar-refractivity contribution in [1.82, 2.24) is 0 Å². The zero-order chi connectivity index (χ0) is 15.9. The molecule has 1 aliphatic rings. The van der Waals surface area contributed by atoms with Crippen LogP contribution in [-0.2, 0) is 14.3 Å². The Kier molecular flexibility index (Phi) is 5.81. The minimum Gasteiger partial charge on any atom is -0.464 e. The van der Waals surface area contributed by atoms with Crippen molar-refractivity contribution in [3.63, 3.8) is 0 Å². The van der Waals surface area contributed by atoms with Gasteiger partial charge in [-0.25, -0.2) is 0 Å². The van der Waals surface area contributed by atoms with E-state index in [2.05, 4.69) is 12.2 Å². The lowest BCUT2D eigenvalue weighted by molar-refractivity contribution is -0.143. The number of para-hydroxylation sites is 2. The maximum Gasteiger partial charge on any atom is 0.326 e. The predicted molar refractivity (Wildman–Crippen MR) is 87.0 cm³/mol. The third kappa shape index (κ3) is 4.00. The van der Waals surface area contributed by atoms with Crippen molar-refractivity contribution in [2.24, 2.45) is 0 Å². The summed E-state index contributed by atoms with van der Waals surface area (Å²) in [6, 6.07) is 7.15. The number of nitrogens with zero attached hydrogens (tertiary/aromatic N) is 1. The van der Waals surface area contributed by atoms with Gasteiger partial charge in [-0.2, -0.15) is 0 Å². The van der Waals surface area contributed by atoms with Crippen LogP contribution in [0.4, 0.5) is 11.4 Å². The number of rotatable bonds is 7. The number of amides is 1. The van der Waals surface area contributed by atoms with Crippen molar-refractivity contribution < 1.29 is 14.3 Å². The van der Waals surface area contributed by atoms with Gasteiger partial charge in [-0.05, 0) is 25.5 Å². The first-order valence-electron chi connectivity index (χ1n) is 7.96. The molecule has 1 unspecified atom stereocenters. The normalized spacial score (nSPS) is 16.9. The molecule has 1 aliphatic heterocycles. The molecule has 1 atom stereocenters. The highest BCUT2D eigenvalue weighted by Crippen LogP contribution is 2.30. The van der Waals surface area contributed by atoms with Crippen LogP contribution >= 0.6 is 0 Å². The molecule has 5 nitrogen and oxygen atoms in total. The van der Waals surface area contributed by atoms with E-state index in [9.17, 15) is 9.59 Å². The number of benzene rings is 1. The number of unbranched alkanes of at least 4 members (excludes halogenated alkanes) is 3. The van der Waals surface area contributed by atoms with Crippen molar-refractivity contribution >= 4 is 23.3 Å². The maximum atomic E-state index is 12.3. The molecule has 120 valence electrons. The summed E-state index contributed by atoms with van der Waals surface area (Å²) >= 11 is 0. The highest BCUT2D eigenvalue weighted by molar-refractivity contribution is 6.07. The van der Waals surface area contributed by atoms with E-state index >= 15 is 0 Å². The van der Waals surface area contributed by atoms with Crippen LogP contribution in [0, 0.1) is 0 Å². The van der Waals surface area contributed by atoms with E-state index in [4.69, 9.17) is 4.74 Å². The molecule has 0 fully saturated rings. The predicted octanol–water partition coefficient (Wildman–Crippen LogP) is 2.96. The van der Waals surface area contributed by atoms with Crippen molar-refractivity contribution in [1.29, 1.82) is 0 Å². The molecular weight excluding hydrogens is 280 g/mol. The van der Waals surface area contributed by atoms with E-state index < -0.39 is 0 Å². The van der Waals surface area contributed by atoms with Crippen LogP contribution in [0.2, 0.25) is 0 Å². The maximum absolute atomic E-state index is 12.3. The summed E-state index contributed by atoms with van der Waals surface area (Å²) < 4.78 is 5.24. The number of anilines is 2. The van der Waals surface area contributed by atoms with Gasteiger partial charge in [-0.1, -0.05) is 38.3 Å². The fourth-order valence-electron chi connectivity index (χ4n) is 2.53. The molecule has 0 spiro atoms. The van der Waals surface area contributed by atoms with Crippen molar-refractivity contribution in [3.8, 4) is 0 Å². The molecule has 1 aromatic carbocycles. The number of carbonyl (C=O) groups excluding carboxylic acids is 2. The van der Waals surface area contributed by atoms with Crippen LogP contribution < -0.4 is 10.2 Å². The van der Waals surface area contributed by atoms with E-state index in [0.29, 0.717) is 6.61 Å². The van der Waals surface area contributed by atoms with Crippen LogP contribution in [0.3, 0.4) is 0 Å². The zero-order valence-electron chi connectivity index (χ0n) is 13.3. The summed E-state index contributed by atoms with van der Waals surface area (Å²) in [6.07, 6.45) is 4.24. The molecule has 0 saturated heterocycles. The molecule has 5 heteroatoms. The number of fused-ring (bicyclic) bond motifs is 1. The summed E-state index contributed by atoms with van der Waals surface area (Å²) in [6.45, 7) is 4.33. The first-order valence-corrected chi connectivity index (χ1v) is 7.96. The lowest BCUT2D eigenvalue weighted by Gasteiger charge is -2.33. The second-order valence-electron chi connectivity index (χ2n) is 5.59. The fraction of sp³-hybridized carbons (Fsp3) is 0.529. The van der Waals surface area contributed by atoms with E-state index in [-0.39, 0.29) is 24.5 Å². The topological polar surface area (TPSA) is 58.6 Å². The average molecular weight is 304 g/mol. The van der Waals surface area contributed by atoms with Gasteiger partial charge >= 0.3 is 5.97 Å². The first-order chi connectivity index (χ1) is 10.6. The SMILES string of the molecule is CCCCCCOC(=O)CN1C(=O)C(C)Nc2ccccc21. The molecule has 0 aliphatic carbocycles. The van der Waals surface area contributed by atoms with Gasteiger partial charge in [-0.15, -0.1) is 0 Å². The van der Waals surface area contributed by atoms with Gasteiger partial charge in [0.1, 0.15) is 12.6 Å². The molecule has 2 rings (SSSR count). The van der Waals surface area contributed by atoms with Gasteiger partial charge < -0.3 is 10.1 Å². The van der Waals surface area contributed by atoms with Crippen LogP contribution in [0.15, 0.2) is 24.3 Å². The summed E-state index contributed by atoms with van der Waals surface area (Å²) in [5.41, 5.74) is 1.60. The average Bonchev–Trinajstić information content (AvgIpc) is 2.51. The smallest absolute Gasteiger partial charge is 0.326 e. The van der Waals surface area contributed by atoms with Crippen LogP contribution in [0.1, 0.15) is 39.5 Å². The molecule has 0 saturated carbocycles. The number of hydrogen-bond donors (Lipinski definition) is 1. The number of carbonyl (C=O) groups is 2. The largest absolute Gasteiger partial charge is 0.464 e. The summed E-state index contributed by atoms with van der Waals surface area (Å²) in [5, 5.41) is 3.14.